The fourth-order valence-electron chi connectivity index (χ4n) is 5.99. The van der Waals surface area contributed by atoms with Crippen LogP contribution < -0.4 is 5.32 Å². The van der Waals surface area contributed by atoms with E-state index in [1.165, 1.54) is 5.56 Å². The van der Waals surface area contributed by atoms with Crippen LogP contribution in [0.25, 0.3) is 11.0 Å². The molecule has 1 amide bonds. The first-order chi connectivity index (χ1) is 17.9. The molecule has 0 unspecified atom stereocenters. The summed E-state index contributed by atoms with van der Waals surface area (Å²) in [5.74, 6) is 1.15. The minimum Gasteiger partial charge on any atom is -0.393 e. The third kappa shape index (κ3) is 5.64. The summed E-state index contributed by atoms with van der Waals surface area (Å²) in [6, 6.07) is 4.12. The molecule has 1 aliphatic carbocycles. The molecule has 37 heavy (non-hydrogen) atoms. The minimum absolute atomic E-state index is 0.0985. The van der Waals surface area contributed by atoms with Crippen LogP contribution in [0.4, 0.5) is 5.95 Å². The maximum absolute atomic E-state index is 13.2. The predicted molar refractivity (Wildman–Crippen MR) is 146 cm³/mol. The lowest BCUT2D eigenvalue weighted by Crippen LogP contribution is -2.38. The number of pyridine rings is 1. The van der Waals surface area contributed by atoms with E-state index in [9.17, 15) is 9.90 Å². The molecule has 3 aromatic rings. The van der Waals surface area contributed by atoms with Gasteiger partial charge in [0.05, 0.1) is 6.10 Å². The normalized spacial score (nSPS) is 20.9. The molecule has 0 radical (unpaired) electrons. The Labute approximate surface area is 219 Å². The Hall–Kier alpha value is -3.00. The van der Waals surface area contributed by atoms with Crippen LogP contribution in [0.1, 0.15) is 97.6 Å². The van der Waals surface area contributed by atoms with Crippen molar-refractivity contribution in [2.75, 3.05) is 25.0 Å². The Morgan fingerprint density at radius 3 is 2.43 bits per heavy atom. The van der Waals surface area contributed by atoms with Gasteiger partial charge in [-0.1, -0.05) is 13.3 Å². The van der Waals surface area contributed by atoms with E-state index in [1.807, 2.05) is 37.1 Å². The second-order valence-corrected chi connectivity index (χ2v) is 10.9. The van der Waals surface area contributed by atoms with E-state index >= 15 is 0 Å². The van der Waals surface area contributed by atoms with Gasteiger partial charge in [-0.2, -0.15) is 4.98 Å². The van der Waals surface area contributed by atoms with Crippen molar-refractivity contribution >= 4 is 22.9 Å². The number of likely N-dealkylation sites (tertiary alicyclic amines) is 1. The summed E-state index contributed by atoms with van der Waals surface area (Å²) in [4.78, 5) is 29.2. The zero-order valence-electron chi connectivity index (χ0n) is 22.4. The Morgan fingerprint density at radius 2 is 1.76 bits per heavy atom. The summed E-state index contributed by atoms with van der Waals surface area (Å²) in [6.45, 7) is 8.40. The van der Waals surface area contributed by atoms with Crippen molar-refractivity contribution in [3.63, 3.8) is 0 Å². The van der Waals surface area contributed by atoms with Crippen LogP contribution in [-0.4, -0.2) is 61.2 Å². The van der Waals surface area contributed by atoms with Gasteiger partial charge in [0.2, 0.25) is 5.95 Å². The quantitative estimate of drug-likeness (QED) is 0.432. The molecule has 1 aliphatic heterocycles. The average molecular weight is 505 g/mol. The lowest BCUT2D eigenvalue weighted by molar-refractivity contribution is 0.0712. The molecule has 0 spiro atoms. The number of anilines is 1. The molecular formula is C29H40N6O2. The lowest BCUT2D eigenvalue weighted by Gasteiger charge is -2.32. The number of fused-ring (bicyclic) bond motifs is 1. The molecule has 0 aromatic carbocycles. The van der Waals surface area contributed by atoms with Crippen LogP contribution in [0.5, 0.6) is 0 Å². The number of unbranched alkanes of at least 4 members (excludes halogenated alkanes) is 1. The summed E-state index contributed by atoms with van der Waals surface area (Å²) in [6.07, 6.45) is 11.8. The summed E-state index contributed by atoms with van der Waals surface area (Å²) in [7, 11) is 0. The number of aliphatic hydroxyl groups is 1. The van der Waals surface area contributed by atoms with Crippen LogP contribution in [0, 0.1) is 13.8 Å². The van der Waals surface area contributed by atoms with Crippen molar-refractivity contribution in [3.05, 3.63) is 47.0 Å². The highest BCUT2D eigenvalue weighted by Crippen LogP contribution is 2.38. The molecule has 0 atom stereocenters. The van der Waals surface area contributed by atoms with Crippen LogP contribution in [0.2, 0.25) is 0 Å². The number of piperidine rings is 1. The van der Waals surface area contributed by atoms with E-state index in [-0.39, 0.29) is 12.0 Å². The molecule has 2 fully saturated rings. The number of hydrogen-bond donors (Lipinski definition) is 2. The van der Waals surface area contributed by atoms with E-state index in [4.69, 9.17) is 4.98 Å². The predicted octanol–water partition coefficient (Wildman–Crippen LogP) is 5.15. The van der Waals surface area contributed by atoms with Crippen molar-refractivity contribution in [1.29, 1.82) is 0 Å². The zero-order valence-corrected chi connectivity index (χ0v) is 22.4. The van der Waals surface area contributed by atoms with Crippen LogP contribution >= 0.6 is 0 Å². The zero-order chi connectivity index (χ0) is 25.9. The first kappa shape index (κ1) is 25.6. The summed E-state index contributed by atoms with van der Waals surface area (Å²) in [5, 5.41) is 14.6. The van der Waals surface area contributed by atoms with E-state index in [0.717, 1.165) is 99.0 Å². The Morgan fingerprint density at radius 1 is 1.05 bits per heavy atom. The maximum atomic E-state index is 13.2. The molecule has 198 valence electrons. The molecule has 8 heteroatoms. The molecule has 1 saturated heterocycles. The van der Waals surface area contributed by atoms with Gasteiger partial charge in [-0.15, -0.1) is 0 Å². The largest absolute Gasteiger partial charge is 0.393 e. The number of rotatable bonds is 7. The van der Waals surface area contributed by atoms with E-state index < -0.39 is 0 Å². The van der Waals surface area contributed by atoms with Crippen molar-refractivity contribution in [2.24, 2.45) is 0 Å². The molecule has 3 aromatic heterocycles. The van der Waals surface area contributed by atoms with Gasteiger partial charge in [0.1, 0.15) is 5.65 Å². The molecule has 5 rings (SSSR count). The van der Waals surface area contributed by atoms with Gasteiger partial charge < -0.3 is 19.9 Å². The Kier molecular flexibility index (Phi) is 7.74. The third-order valence-corrected chi connectivity index (χ3v) is 8.03. The first-order valence-corrected chi connectivity index (χ1v) is 14.0. The van der Waals surface area contributed by atoms with Gasteiger partial charge >= 0.3 is 0 Å². The highest BCUT2D eigenvalue weighted by atomic mass is 16.3. The number of amides is 1. The van der Waals surface area contributed by atoms with Gasteiger partial charge in [0.25, 0.3) is 5.91 Å². The van der Waals surface area contributed by atoms with Gasteiger partial charge in [-0.25, -0.2) is 4.98 Å². The number of aryl methyl sites for hydroxylation is 2. The molecule has 0 bridgehead atoms. The van der Waals surface area contributed by atoms with Crippen molar-refractivity contribution in [1.82, 2.24) is 24.4 Å². The smallest absolute Gasteiger partial charge is 0.253 e. The number of hydrogen-bond acceptors (Lipinski definition) is 6. The second-order valence-electron chi connectivity index (χ2n) is 10.9. The van der Waals surface area contributed by atoms with Gasteiger partial charge in [0, 0.05) is 60.4 Å². The number of nitrogens with one attached hydrogen (secondary N) is 1. The fourth-order valence-corrected chi connectivity index (χ4v) is 5.99. The van der Waals surface area contributed by atoms with E-state index in [2.05, 4.69) is 33.0 Å². The minimum atomic E-state index is -0.187. The highest BCUT2D eigenvalue weighted by molar-refractivity contribution is 5.94. The Bertz CT molecular complexity index is 1220. The summed E-state index contributed by atoms with van der Waals surface area (Å²) < 4.78 is 2.35. The molecule has 8 nitrogen and oxygen atoms in total. The van der Waals surface area contributed by atoms with Crippen LogP contribution in [-0.2, 0) is 0 Å². The molecule has 4 heterocycles. The van der Waals surface area contributed by atoms with Gasteiger partial charge in [-0.3, -0.25) is 9.78 Å². The second kappa shape index (κ2) is 11.2. The highest BCUT2D eigenvalue weighted by Gasteiger charge is 2.30. The monoisotopic (exact) mass is 504 g/mol. The average Bonchev–Trinajstić information content (AvgIpc) is 3.27. The molecule has 1 saturated carbocycles. The summed E-state index contributed by atoms with van der Waals surface area (Å²) >= 11 is 0. The molecule has 2 N–H and O–H groups in total. The fraction of sp³-hybridized carbons (Fsp3) is 0.586. The number of nitrogens with zero attached hydrogens (tertiary/aromatic N) is 5. The standard InChI is InChI=1S/C29H40N6O2/c1-4-5-12-30-29-31-17-25-26(18-35(27(25)33-29)23-6-8-24(36)9-7-23)21-10-13-34(14-11-21)28(37)22-15-19(2)32-20(3)16-22/h15-18,21,23-24,36H,4-14H2,1-3H3,(H,30,31,33)/t23-,24-. The van der Waals surface area contributed by atoms with E-state index in [1.54, 1.807) is 0 Å². The first-order valence-electron chi connectivity index (χ1n) is 14.0. The van der Waals surface area contributed by atoms with Gasteiger partial charge in [0.15, 0.2) is 0 Å². The van der Waals surface area contributed by atoms with Crippen LogP contribution in [0.15, 0.2) is 24.5 Å². The number of aliphatic hydroxyl groups excluding tert-OH is 1. The lowest BCUT2D eigenvalue weighted by atomic mass is 9.89. The number of carbonyl (C=O) groups is 1. The van der Waals surface area contributed by atoms with E-state index in [0.29, 0.717) is 17.9 Å². The number of carbonyl (C=O) groups excluding carboxylic acids is 1. The molecule has 2 aliphatic rings. The topological polar surface area (TPSA) is 96.2 Å². The van der Waals surface area contributed by atoms with Crippen molar-refractivity contribution in [3.8, 4) is 0 Å². The van der Waals surface area contributed by atoms with Crippen molar-refractivity contribution < 1.29 is 9.90 Å². The maximum Gasteiger partial charge on any atom is 0.253 e. The van der Waals surface area contributed by atoms with Gasteiger partial charge in [-0.05, 0) is 82.4 Å². The SMILES string of the molecule is CCCCNc1ncc2c(C3CCN(C(=O)c4cc(C)nc(C)c4)CC3)cn([C@H]3CC[C@H](O)CC3)c2n1. The van der Waals surface area contributed by atoms with Crippen molar-refractivity contribution in [2.45, 2.75) is 90.2 Å². The molecular weight excluding hydrogens is 464 g/mol. The summed E-state index contributed by atoms with van der Waals surface area (Å²) in [5.41, 5.74) is 4.78. The van der Waals surface area contributed by atoms with Crippen LogP contribution in [0.3, 0.4) is 0 Å². The Balaban J connectivity index is 1.37. The third-order valence-electron chi connectivity index (χ3n) is 8.03. The number of aromatic nitrogens is 4.